The third-order valence-corrected chi connectivity index (χ3v) is 2.36. The Labute approximate surface area is 98.9 Å². The largest absolute Gasteiger partial charge is 0.394 e. The number of benzene rings is 1. The van der Waals surface area contributed by atoms with Gasteiger partial charge in [-0.05, 0) is 24.6 Å². The number of nitrogens with one attached hydrogen (secondary N) is 1. The van der Waals surface area contributed by atoms with E-state index in [1.165, 1.54) is 12.5 Å². The van der Waals surface area contributed by atoms with Crippen LogP contribution < -0.4 is 11.1 Å². The van der Waals surface area contributed by atoms with Gasteiger partial charge in [-0.15, -0.1) is 0 Å². The molecule has 0 aliphatic carbocycles. The van der Waals surface area contributed by atoms with Crippen molar-refractivity contribution in [2.24, 2.45) is 0 Å². The molecular weight excluding hydrogens is 214 g/mol. The highest BCUT2D eigenvalue weighted by Gasteiger charge is 2.04. The first-order chi connectivity index (χ1) is 8.20. The Morgan fingerprint density at radius 1 is 1.41 bits per heavy atom. The lowest BCUT2D eigenvalue weighted by atomic mass is 10.1. The van der Waals surface area contributed by atoms with Crippen LogP contribution in [0.3, 0.4) is 0 Å². The maximum atomic E-state index is 8.85. The zero-order chi connectivity index (χ0) is 12.3. The van der Waals surface area contributed by atoms with Gasteiger partial charge in [0.05, 0.1) is 23.5 Å². The summed E-state index contributed by atoms with van der Waals surface area (Å²) < 4.78 is 0. The lowest BCUT2D eigenvalue weighted by molar-refractivity contribution is 1.17. The second-order valence-electron chi connectivity index (χ2n) is 3.59. The summed E-state index contributed by atoms with van der Waals surface area (Å²) >= 11 is 0. The van der Waals surface area contributed by atoms with Gasteiger partial charge in [0.1, 0.15) is 6.33 Å². The molecule has 3 N–H and O–H groups in total. The van der Waals surface area contributed by atoms with E-state index in [1.807, 2.05) is 13.0 Å². The normalized spacial score (nSPS) is 9.65. The molecule has 5 heteroatoms. The quantitative estimate of drug-likeness (QED) is 0.815. The minimum absolute atomic E-state index is 0.467. The van der Waals surface area contributed by atoms with Crippen LogP contribution >= 0.6 is 0 Å². The molecule has 0 saturated carbocycles. The minimum atomic E-state index is 0.467. The number of nitrogen functional groups attached to an aromatic ring is 1. The van der Waals surface area contributed by atoms with Gasteiger partial charge in [0, 0.05) is 5.69 Å². The van der Waals surface area contributed by atoms with Gasteiger partial charge in [0.2, 0.25) is 0 Å². The van der Waals surface area contributed by atoms with E-state index < -0.39 is 0 Å². The molecule has 5 nitrogen and oxygen atoms in total. The predicted octanol–water partition coefficient (Wildman–Crippen LogP) is 1.98. The highest BCUT2D eigenvalue weighted by Crippen LogP contribution is 2.23. The predicted molar refractivity (Wildman–Crippen MR) is 65.6 cm³/mol. The summed E-state index contributed by atoms with van der Waals surface area (Å²) in [6.07, 6.45) is 2.95. The van der Waals surface area contributed by atoms with Gasteiger partial charge in [-0.25, -0.2) is 9.97 Å². The maximum absolute atomic E-state index is 8.85. The van der Waals surface area contributed by atoms with Crippen molar-refractivity contribution in [2.75, 3.05) is 11.1 Å². The fourth-order valence-corrected chi connectivity index (χ4v) is 1.40. The average Bonchev–Trinajstić information content (AvgIpc) is 2.35. The molecule has 1 aromatic heterocycles. The Hall–Kier alpha value is -2.61. The van der Waals surface area contributed by atoms with Gasteiger partial charge in [0.25, 0.3) is 0 Å². The number of hydrogen-bond donors (Lipinski definition) is 2. The molecule has 0 saturated heterocycles. The summed E-state index contributed by atoms with van der Waals surface area (Å²) in [4.78, 5) is 7.85. The minimum Gasteiger partial charge on any atom is -0.394 e. The number of nitriles is 1. The molecule has 0 aliphatic heterocycles. The van der Waals surface area contributed by atoms with Crippen molar-refractivity contribution in [1.29, 1.82) is 5.26 Å². The summed E-state index contributed by atoms with van der Waals surface area (Å²) in [5.74, 6) is 0.540. The number of hydrogen-bond acceptors (Lipinski definition) is 5. The number of nitrogens with zero attached hydrogens (tertiary/aromatic N) is 3. The van der Waals surface area contributed by atoms with Crippen LogP contribution in [0.15, 0.2) is 30.7 Å². The van der Waals surface area contributed by atoms with E-state index >= 15 is 0 Å². The molecule has 84 valence electrons. The third-order valence-electron chi connectivity index (χ3n) is 2.36. The molecule has 0 bridgehead atoms. The molecule has 17 heavy (non-hydrogen) atoms. The van der Waals surface area contributed by atoms with Crippen LogP contribution in [0.4, 0.5) is 17.2 Å². The summed E-state index contributed by atoms with van der Waals surface area (Å²) in [7, 11) is 0. The number of rotatable bonds is 2. The van der Waals surface area contributed by atoms with Gasteiger partial charge in [-0.1, -0.05) is 6.07 Å². The monoisotopic (exact) mass is 225 g/mol. The van der Waals surface area contributed by atoms with E-state index in [4.69, 9.17) is 11.0 Å². The molecule has 0 radical (unpaired) electrons. The van der Waals surface area contributed by atoms with Gasteiger partial charge in [-0.2, -0.15) is 5.26 Å². The Morgan fingerprint density at radius 2 is 2.24 bits per heavy atom. The second kappa shape index (κ2) is 4.49. The van der Waals surface area contributed by atoms with Crippen molar-refractivity contribution in [1.82, 2.24) is 9.97 Å². The zero-order valence-electron chi connectivity index (χ0n) is 9.31. The molecule has 2 rings (SSSR count). The van der Waals surface area contributed by atoms with Crippen LogP contribution in [0.2, 0.25) is 0 Å². The van der Waals surface area contributed by atoms with E-state index in [0.717, 1.165) is 11.3 Å². The molecule has 0 aliphatic rings. The lowest BCUT2D eigenvalue weighted by Crippen LogP contribution is -2.01. The van der Waals surface area contributed by atoms with Crippen LogP contribution in [0, 0.1) is 18.3 Å². The van der Waals surface area contributed by atoms with Gasteiger partial charge >= 0.3 is 0 Å². The first-order valence-corrected chi connectivity index (χ1v) is 5.04. The fourth-order valence-electron chi connectivity index (χ4n) is 1.40. The molecule has 1 aromatic carbocycles. The highest BCUT2D eigenvalue weighted by atomic mass is 15.0. The van der Waals surface area contributed by atoms with Gasteiger partial charge < -0.3 is 11.1 Å². The smallest absolute Gasteiger partial charge is 0.157 e. The molecule has 2 aromatic rings. The standard InChI is InChI=1S/C12H11N5/c1-8-2-3-9(5-13)4-11(8)17-12-10(14)6-15-7-16-12/h2-4,6-7H,14H2,1H3,(H,15,16,17). The summed E-state index contributed by atoms with van der Waals surface area (Å²) in [6, 6.07) is 7.49. The average molecular weight is 225 g/mol. The van der Waals surface area contributed by atoms with Gasteiger partial charge in [0.15, 0.2) is 5.82 Å². The number of aryl methyl sites for hydroxylation is 1. The van der Waals surface area contributed by atoms with E-state index in [1.54, 1.807) is 12.1 Å². The van der Waals surface area contributed by atoms with Crippen molar-refractivity contribution in [3.05, 3.63) is 41.9 Å². The Morgan fingerprint density at radius 3 is 2.94 bits per heavy atom. The number of anilines is 3. The maximum Gasteiger partial charge on any atom is 0.157 e. The molecule has 0 amide bonds. The summed E-state index contributed by atoms with van der Waals surface area (Å²) in [5.41, 5.74) is 8.62. The van der Waals surface area contributed by atoms with Crippen LogP contribution in [0.25, 0.3) is 0 Å². The second-order valence-corrected chi connectivity index (χ2v) is 3.59. The van der Waals surface area contributed by atoms with Crippen molar-refractivity contribution < 1.29 is 0 Å². The summed E-state index contributed by atoms with van der Waals surface area (Å²) in [5, 5.41) is 11.9. The van der Waals surface area contributed by atoms with Crippen molar-refractivity contribution in [3.63, 3.8) is 0 Å². The van der Waals surface area contributed by atoms with Crippen LogP contribution in [-0.2, 0) is 0 Å². The van der Waals surface area contributed by atoms with E-state index in [9.17, 15) is 0 Å². The first-order valence-electron chi connectivity index (χ1n) is 5.04. The number of nitrogens with two attached hydrogens (primary N) is 1. The van der Waals surface area contributed by atoms with E-state index in [2.05, 4.69) is 21.4 Å². The van der Waals surface area contributed by atoms with E-state index in [-0.39, 0.29) is 0 Å². The third kappa shape index (κ3) is 2.32. The van der Waals surface area contributed by atoms with E-state index in [0.29, 0.717) is 17.1 Å². The molecule has 0 spiro atoms. The Balaban J connectivity index is 2.37. The lowest BCUT2D eigenvalue weighted by Gasteiger charge is -2.10. The van der Waals surface area contributed by atoms with Crippen molar-refractivity contribution >= 4 is 17.2 Å². The van der Waals surface area contributed by atoms with Crippen LogP contribution in [-0.4, -0.2) is 9.97 Å². The summed E-state index contributed by atoms with van der Waals surface area (Å²) in [6.45, 7) is 1.95. The van der Waals surface area contributed by atoms with Crippen molar-refractivity contribution in [2.45, 2.75) is 6.92 Å². The molecule has 0 unspecified atom stereocenters. The molecular formula is C12H11N5. The topological polar surface area (TPSA) is 87.6 Å². The van der Waals surface area contributed by atoms with Crippen molar-refractivity contribution in [3.8, 4) is 6.07 Å². The SMILES string of the molecule is Cc1ccc(C#N)cc1Nc1ncncc1N. The molecule has 0 fully saturated rings. The van der Waals surface area contributed by atoms with Gasteiger partial charge in [-0.3, -0.25) is 0 Å². The fraction of sp³-hybridized carbons (Fsp3) is 0.0833. The first kappa shape index (κ1) is 10.9. The Bertz CT molecular complexity index is 586. The molecule has 1 heterocycles. The molecule has 0 atom stereocenters. The van der Waals surface area contributed by atoms with Crippen LogP contribution in [0.1, 0.15) is 11.1 Å². The zero-order valence-corrected chi connectivity index (χ0v) is 9.31. The van der Waals surface area contributed by atoms with Crippen LogP contribution in [0.5, 0.6) is 0 Å². The Kier molecular flexibility index (Phi) is 2.88. The highest BCUT2D eigenvalue weighted by molar-refractivity contribution is 5.70. The number of aromatic nitrogens is 2.